The topological polar surface area (TPSA) is 79.3 Å². The van der Waals surface area contributed by atoms with Crippen molar-refractivity contribution in [1.29, 1.82) is 0 Å². The number of carbonyl (C=O) groups is 2. The Morgan fingerprint density at radius 2 is 2.25 bits per heavy atom. The molecule has 5 nitrogen and oxygen atoms in total. The van der Waals surface area contributed by atoms with E-state index >= 15 is 0 Å². The number of aromatic nitrogens is 1. The van der Waals surface area contributed by atoms with Crippen molar-refractivity contribution in [2.45, 2.75) is 19.3 Å². The molecule has 1 aliphatic carbocycles. The van der Waals surface area contributed by atoms with Gasteiger partial charge < -0.3 is 10.4 Å². The van der Waals surface area contributed by atoms with Gasteiger partial charge in [0.05, 0.1) is 9.98 Å². The van der Waals surface area contributed by atoms with E-state index in [2.05, 4.69) is 26.2 Å². The van der Waals surface area contributed by atoms with Gasteiger partial charge in [-0.1, -0.05) is 17.8 Å². The van der Waals surface area contributed by atoms with Crippen LogP contribution in [0.1, 0.15) is 19.3 Å². The number of halogens is 1. The highest BCUT2D eigenvalue weighted by atomic mass is 79.9. The maximum atomic E-state index is 11.8. The Hall–Kier alpha value is -0.950. The lowest BCUT2D eigenvalue weighted by Crippen LogP contribution is -2.48. The number of hydrogen-bond donors (Lipinski definition) is 2. The van der Waals surface area contributed by atoms with E-state index in [0.717, 1.165) is 10.2 Å². The molecule has 0 spiro atoms. The molecule has 0 saturated heterocycles. The second-order valence-electron chi connectivity index (χ2n) is 3.66. The molecule has 16 heavy (non-hydrogen) atoms. The molecule has 2 rings (SSSR count). The first-order chi connectivity index (χ1) is 7.54. The first kappa shape index (κ1) is 11.5. The highest BCUT2D eigenvalue weighted by molar-refractivity contribution is 9.11. The van der Waals surface area contributed by atoms with Gasteiger partial charge in [-0.3, -0.25) is 9.59 Å². The summed E-state index contributed by atoms with van der Waals surface area (Å²) in [6, 6.07) is 0. The average Bonchev–Trinajstić information content (AvgIpc) is 2.47. The molecule has 1 heterocycles. The first-order valence-electron chi connectivity index (χ1n) is 4.71. The van der Waals surface area contributed by atoms with Crippen LogP contribution >= 0.6 is 27.3 Å². The van der Waals surface area contributed by atoms with Crippen molar-refractivity contribution in [2.75, 3.05) is 5.32 Å². The fourth-order valence-corrected chi connectivity index (χ4v) is 2.70. The molecular formula is C9H9BrN2O3S. The number of carboxylic acids is 1. The van der Waals surface area contributed by atoms with Crippen LogP contribution in [0, 0.1) is 5.41 Å². The zero-order valence-corrected chi connectivity index (χ0v) is 10.6. The molecule has 7 heteroatoms. The largest absolute Gasteiger partial charge is 0.480 e. The van der Waals surface area contributed by atoms with Crippen molar-refractivity contribution >= 4 is 44.3 Å². The van der Waals surface area contributed by atoms with Gasteiger partial charge in [-0.15, -0.1) is 0 Å². The van der Waals surface area contributed by atoms with Crippen LogP contribution in [-0.4, -0.2) is 22.0 Å². The van der Waals surface area contributed by atoms with Gasteiger partial charge in [-0.25, -0.2) is 4.98 Å². The van der Waals surface area contributed by atoms with Crippen LogP contribution in [0.3, 0.4) is 0 Å². The van der Waals surface area contributed by atoms with E-state index in [0.29, 0.717) is 18.0 Å². The molecule has 0 aromatic carbocycles. The molecule has 0 aliphatic heterocycles. The van der Waals surface area contributed by atoms with Gasteiger partial charge in [-0.2, -0.15) is 0 Å². The van der Waals surface area contributed by atoms with E-state index < -0.39 is 17.3 Å². The fraction of sp³-hybridized carbons (Fsp3) is 0.444. The molecule has 0 atom stereocenters. The Kier molecular flexibility index (Phi) is 2.98. The predicted molar refractivity (Wildman–Crippen MR) is 62.4 cm³/mol. The van der Waals surface area contributed by atoms with Gasteiger partial charge in [0.2, 0.25) is 5.91 Å². The number of thiazole rings is 1. The van der Waals surface area contributed by atoms with E-state index in [-0.39, 0.29) is 0 Å². The molecular weight excluding hydrogens is 296 g/mol. The molecule has 1 fully saturated rings. The molecule has 1 aromatic rings. The average molecular weight is 305 g/mol. The Labute approximate surface area is 104 Å². The van der Waals surface area contributed by atoms with E-state index in [1.165, 1.54) is 11.3 Å². The molecule has 0 unspecified atom stereocenters. The maximum Gasteiger partial charge on any atom is 0.319 e. The highest BCUT2D eigenvalue weighted by Crippen LogP contribution is 2.42. The number of nitrogens with one attached hydrogen (secondary N) is 1. The molecule has 1 aromatic heterocycles. The van der Waals surface area contributed by atoms with E-state index in [1.807, 2.05) is 0 Å². The summed E-state index contributed by atoms with van der Waals surface area (Å²) in [5, 5.41) is 12.0. The summed E-state index contributed by atoms with van der Waals surface area (Å²) >= 11 is 4.48. The summed E-state index contributed by atoms with van der Waals surface area (Å²) in [5.74, 6) is -1.51. The summed E-state index contributed by atoms with van der Waals surface area (Å²) in [6.07, 6.45) is 3.15. The summed E-state index contributed by atoms with van der Waals surface area (Å²) in [5.41, 5.74) is -1.24. The number of anilines is 1. The number of nitrogens with zero attached hydrogens (tertiary/aromatic N) is 1. The standard InChI is InChI=1S/C9H9BrN2O3S/c10-5-4-11-8(16-5)12-6(13)9(7(14)15)2-1-3-9/h4H,1-3H2,(H,14,15)(H,11,12,13). The van der Waals surface area contributed by atoms with Gasteiger partial charge >= 0.3 is 5.97 Å². The number of aliphatic carboxylic acids is 1. The highest BCUT2D eigenvalue weighted by Gasteiger charge is 2.51. The van der Waals surface area contributed by atoms with E-state index in [9.17, 15) is 9.59 Å². The van der Waals surface area contributed by atoms with Crippen molar-refractivity contribution in [3.05, 3.63) is 9.98 Å². The van der Waals surface area contributed by atoms with Gasteiger partial charge in [0, 0.05) is 0 Å². The Bertz CT molecular complexity index is 442. The van der Waals surface area contributed by atoms with Crippen LogP contribution in [0.15, 0.2) is 9.98 Å². The van der Waals surface area contributed by atoms with Crippen LogP contribution in [0.25, 0.3) is 0 Å². The van der Waals surface area contributed by atoms with Gasteiger partial charge in [-0.05, 0) is 28.8 Å². The zero-order valence-electron chi connectivity index (χ0n) is 8.20. The third-order valence-electron chi connectivity index (χ3n) is 2.75. The molecule has 1 aliphatic rings. The quantitative estimate of drug-likeness (QED) is 0.838. The minimum Gasteiger partial charge on any atom is -0.480 e. The van der Waals surface area contributed by atoms with Crippen molar-refractivity contribution in [3.8, 4) is 0 Å². The van der Waals surface area contributed by atoms with Crippen LogP contribution in [0.5, 0.6) is 0 Å². The SMILES string of the molecule is O=C(O)C1(C(=O)Nc2ncc(Br)s2)CCC1. The minimum absolute atomic E-state index is 0.403. The maximum absolute atomic E-state index is 11.8. The molecule has 1 amide bonds. The predicted octanol–water partition coefficient (Wildman–Crippen LogP) is 2.10. The van der Waals surface area contributed by atoms with Crippen LogP contribution in [0.2, 0.25) is 0 Å². The lowest BCUT2D eigenvalue weighted by molar-refractivity contribution is -0.159. The molecule has 2 N–H and O–H groups in total. The summed E-state index contributed by atoms with van der Waals surface area (Å²) in [6.45, 7) is 0. The monoisotopic (exact) mass is 304 g/mol. The second-order valence-corrected chi connectivity index (χ2v) is 6.07. The van der Waals surface area contributed by atoms with Crippen molar-refractivity contribution in [1.82, 2.24) is 4.98 Å². The van der Waals surface area contributed by atoms with Crippen LogP contribution in [0.4, 0.5) is 5.13 Å². The second kappa shape index (κ2) is 4.14. The third-order valence-corrected chi connectivity index (χ3v) is 4.14. The summed E-state index contributed by atoms with van der Waals surface area (Å²) < 4.78 is 0.792. The Balaban J connectivity index is 2.10. The van der Waals surface area contributed by atoms with Crippen molar-refractivity contribution in [3.63, 3.8) is 0 Å². The number of hydrogen-bond acceptors (Lipinski definition) is 4. The number of carbonyl (C=O) groups excluding carboxylic acids is 1. The number of rotatable bonds is 3. The molecule has 0 radical (unpaired) electrons. The minimum atomic E-state index is -1.24. The van der Waals surface area contributed by atoms with Gasteiger partial charge in [0.25, 0.3) is 0 Å². The molecule has 86 valence electrons. The number of amides is 1. The fourth-order valence-electron chi connectivity index (χ4n) is 1.60. The summed E-state index contributed by atoms with van der Waals surface area (Å²) in [7, 11) is 0. The molecule has 0 bridgehead atoms. The molecule has 1 saturated carbocycles. The lowest BCUT2D eigenvalue weighted by Gasteiger charge is -2.35. The number of carboxylic acid groups (broad SMARTS) is 1. The smallest absolute Gasteiger partial charge is 0.319 e. The summed E-state index contributed by atoms with van der Waals surface area (Å²) in [4.78, 5) is 26.8. The van der Waals surface area contributed by atoms with Crippen molar-refractivity contribution in [2.24, 2.45) is 5.41 Å². The van der Waals surface area contributed by atoms with Crippen molar-refractivity contribution < 1.29 is 14.7 Å². The Morgan fingerprint density at radius 3 is 2.62 bits per heavy atom. The van der Waals surface area contributed by atoms with Crippen LogP contribution < -0.4 is 5.32 Å². The van der Waals surface area contributed by atoms with Gasteiger partial charge in [0.15, 0.2) is 5.13 Å². The zero-order chi connectivity index (χ0) is 11.8. The Morgan fingerprint density at radius 1 is 1.56 bits per heavy atom. The lowest BCUT2D eigenvalue weighted by atomic mass is 9.68. The van der Waals surface area contributed by atoms with E-state index in [1.54, 1.807) is 6.20 Å². The van der Waals surface area contributed by atoms with Crippen LogP contribution in [-0.2, 0) is 9.59 Å². The van der Waals surface area contributed by atoms with E-state index in [4.69, 9.17) is 5.11 Å². The first-order valence-corrected chi connectivity index (χ1v) is 6.32. The van der Waals surface area contributed by atoms with Gasteiger partial charge in [0.1, 0.15) is 5.41 Å². The third kappa shape index (κ3) is 1.84. The normalized spacial score (nSPS) is 17.6.